The van der Waals surface area contributed by atoms with Gasteiger partial charge in [-0.25, -0.2) is 4.98 Å². The SMILES string of the molecule is CN1CCN(c2ccc(CCN)cn2)c2ccccc21. The molecule has 0 unspecified atom stereocenters. The zero-order valence-electron chi connectivity index (χ0n) is 11.8. The van der Waals surface area contributed by atoms with E-state index in [1.165, 1.54) is 16.9 Å². The molecule has 4 nitrogen and oxygen atoms in total. The lowest BCUT2D eigenvalue weighted by Gasteiger charge is -2.36. The molecular weight excluding hydrogens is 248 g/mol. The smallest absolute Gasteiger partial charge is 0.133 e. The predicted octanol–water partition coefficient (Wildman–Crippen LogP) is 2.17. The molecule has 0 saturated carbocycles. The number of benzene rings is 1. The monoisotopic (exact) mass is 268 g/mol. The number of likely N-dealkylation sites (N-methyl/N-ethyl adjacent to an activating group) is 1. The number of nitrogens with two attached hydrogens (primary N) is 1. The van der Waals surface area contributed by atoms with Crippen molar-refractivity contribution in [2.75, 3.05) is 36.5 Å². The third-order valence-electron chi connectivity index (χ3n) is 3.76. The molecule has 1 aliphatic rings. The molecule has 0 atom stereocenters. The molecule has 0 amide bonds. The summed E-state index contributed by atoms with van der Waals surface area (Å²) in [6.07, 6.45) is 2.82. The molecular formula is C16H20N4. The van der Waals surface area contributed by atoms with Crippen molar-refractivity contribution < 1.29 is 0 Å². The van der Waals surface area contributed by atoms with Gasteiger partial charge in [-0.1, -0.05) is 18.2 Å². The van der Waals surface area contributed by atoms with Gasteiger partial charge < -0.3 is 15.5 Å². The zero-order chi connectivity index (χ0) is 13.9. The quantitative estimate of drug-likeness (QED) is 0.926. The van der Waals surface area contributed by atoms with E-state index in [0.29, 0.717) is 6.54 Å². The number of rotatable bonds is 3. The summed E-state index contributed by atoms with van der Waals surface area (Å²) >= 11 is 0. The van der Waals surface area contributed by atoms with E-state index in [1.54, 1.807) is 0 Å². The zero-order valence-corrected chi connectivity index (χ0v) is 11.8. The second-order valence-electron chi connectivity index (χ2n) is 5.13. The molecule has 2 N–H and O–H groups in total. The summed E-state index contributed by atoms with van der Waals surface area (Å²) in [6, 6.07) is 12.7. The van der Waals surface area contributed by atoms with Gasteiger partial charge in [0.2, 0.25) is 0 Å². The Bertz CT molecular complexity index is 579. The van der Waals surface area contributed by atoms with Crippen LogP contribution in [0.15, 0.2) is 42.6 Å². The van der Waals surface area contributed by atoms with Crippen LogP contribution in [0.1, 0.15) is 5.56 Å². The van der Waals surface area contributed by atoms with Gasteiger partial charge in [0.05, 0.1) is 11.4 Å². The molecule has 2 aromatic rings. The lowest BCUT2D eigenvalue weighted by atomic mass is 10.1. The van der Waals surface area contributed by atoms with Crippen molar-refractivity contribution in [1.82, 2.24) is 4.98 Å². The summed E-state index contributed by atoms with van der Waals surface area (Å²) in [7, 11) is 2.13. The van der Waals surface area contributed by atoms with Crippen molar-refractivity contribution in [3.63, 3.8) is 0 Å². The first-order valence-corrected chi connectivity index (χ1v) is 7.02. The van der Waals surface area contributed by atoms with E-state index in [-0.39, 0.29) is 0 Å². The lowest BCUT2D eigenvalue weighted by molar-refractivity contribution is 0.812. The maximum Gasteiger partial charge on any atom is 0.133 e. The standard InChI is InChI=1S/C16H20N4/c1-19-10-11-20(15-5-3-2-4-14(15)19)16-7-6-13(8-9-17)12-18-16/h2-7,12H,8-11,17H2,1H3. The number of hydrogen-bond donors (Lipinski definition) is 1. The Labute approximate surface area is 119 Å². The number of nitrogens with zero attached hydrogens (tertiary/aromatic N) is 3. The van der Waals surface area contributed by atoms with E-state index in [0.717, 1.165) is 25.3 Å². The fourth-order valence-electron chi connectivity index (χ4n) is 2.63. The third-order valence-corrected chi connectivity index (χ3v) is 3.76. The number of fused-ring (bicyclic) bond motifs is 1. The van der Waals surface area contributed by atoms with Crippen molar-refractivity contribution in [1.29, 1.82) is 0 Å². The molecule has 0 bridgehead atoms. The fraction of sp³-hybridized carbons (Fsp3) is 0.312. The van der Waals surface area contributed by atoms with Gasteiger partial charge in [0.1, 0.15) is 5.82 Å². The van der Waals surface area contributed by atoms with Gasteiger partial charge in [0, 0.05) is 26.3 Å². The number of para-hydroxylation sites is 2. The van der Waals surface area contributed by atoms with Gasteiger partial charge in [0.25, 0.3) is 0 Å². The van der Waals surface area contributed by atoms with E-state index in [4.69, 9.17) is 5.73 Å². The lowest BCUT2D eigenvalue weighted by Crippen LogP contribution is -2.36. The summed E-state index contributed by atoms with van der Waals surface area (Å²) in [5.74, 6) is 1.01. The highest BCUT2D eigenvalue weighted by Gasteiger charge is 2.21. The molecule has 0 radical (unpaired) electrons. The highest BCUT2D eigenvalue weighted by molar-refractivity contribution is 5.78. The molecule has 1 aliphatic heterocycles. The third kappa shape index (κ3) is 2.34. The van der Waals surface area contributed by atoms with Crippen LogP contribution in [-0.2, 0) is 6.42 Å². The molecule has 3 rings (SSSR count). The van der Waals surface area contributed by atoms with Gasteiger partial charge in [-0.15, -0.1) is 0 Å². The van der Waals surface area contributed by atoms with Gasteiger partial charge in [0.15, 0.2) is 0 Å². The molecule has 1 aromatic heterocycles. The Kier molecular flexibility index (Phi) is 3.56. The van der Waals surface area contributed by atoms with Gasteiger partial charge in [-0.3, -0.25) is 0 Å². The van der Waals surface area contributed by atoms with Crippen molar-refractivity contribution in [2.45, 2.75) is 6.42 Å². The maximum absolute atomic E-state index is 5.58. The Morgan fingerprint density at radius 3 is 2.60 bits per heavy atom. The summed E-state index contributed by atoms with van der Waals surface area (Å²) in [6.45, 7) is 2.62. The Balaban J connectivity index is 1.93. The van der Waals surface area contributed by atoms with Crippen molar-refractivity contribution in [3.05, 3.63) is 48.2 Å². The predicted molar refractivity (Wildman–Crippen MR) is 83.7 cm³/mol. The van der Waals surface area contributed by atoms with E-state index in [1.807, 2.05) is 6.20 Å². The molecule has 4 heteroatoms. The summed E-state index contributed by atoms with van der Waals surface area (Å²) < 4.78 is 0. The molecule has 0 spiro atoms. The molecule has 104 valence electrons. The average Bonchev–Trinajstić information content (AvgIpc) is 2.49. The second-order valence-corrected chi connectivity index (χ2v) is 5.13. The number of anilines is 3. The van der Waals surface area contributed by atoms with Crippen LogP contribution >= 0.6 is 0 Å². The first-order chi connectivity index (χ1) is 9.79. The minimum atomic E-state index is 0.665. The van der Waals surface area contributed by atoms with Crippen LogP contribution in [0.4, 0.5) is 17.2 Å². The first kappa shape index (κ1) is 12.9. The minimum absolute atomic E-state index is 0.665. The molecule has 2 heterocycles. The minimum Gasteiger partial charge on any atom is -0.371 e. The number of hydrogen-bond acceptors (Lipinski definition) is 4. The average molecular weight is 268 g/mol. The van der Waals surface area contributed by atoms with E-state index >= 15 is 0 Å². The molecule has 1 aromatic carbocycles. The van der Waals surface area contributed by atoms with E-state index in [9.17, 15) is 0 Å². The summed E-state index contributed by atoms with van der Waals surface area (Å²) in [5.41, 5.74) is 9.25. The van der Waals surface area contributed by atoms with E-state index in [2.05, 4.69) is 58.2 Å². The van der Waals surface area contributed by atoms with Crippen molar-refractivity contribution >= 4 is 17.2 Å². The molecule has 0 fully saturated rings. The highest BCUT2D eigenvalue weighted by Crippen LogP contribution is 2.35. The van der Waals surface area contributed by atoms with Crippen LogP contribution in [0.5, 0.6) is 0 Å². The molecule has 20 heavy (non-hydrogen) atoms. The van der Waals surface area contributed by atoms with Crippen LogP contribution < -0.4 is 15.5 Å². The maximum atomic E-state index is 5.58. The number of pyridine rings is 1. The topological polar surface area (TPSA) is 45.4 Å². The van der Waals surface area contributed by atoms with Crippen molar-refractivity contribution in [3.8, 4) is 0 Å². The Morgan fingerprint density at radius 1 is 1.10 bits per heavy atom. The summed E-state index contributed by atoms with van der Waals surface area (Å²) in [4.78, 5) is 9.16. The largest absolute Gasteiger partial charge is 0.371 e. The molecule has 0 saturated heterocycles. The summed E-state index contributed by atoms with van der Waals surface area (Å²) in [5, 5.41) is 0. The van der Waals surface area contributed by atoms with Crippen LogP contribution in [-0.4, -0.2) is 31.7 Å². The van der Waals surface area contributed by atoms with Gasteiger partial charge in [-0.05, 0) is 36.7 Å². The second kappa shape index (κ2) is 5.51. The first-order valence-electron chi connectivity index (χ1n) is 7.02. The van der Waals surface area contributed by atoms with Crippen LogP contribution in [0.25, 0.3) is 0 Å². The van der Waals surface area contributed by atoms with Gasteiger partial charge >= 0.3 is 0 Å². The van der Waals surface area contributed by atoms with Crippen LogP contribution in [0.2, 0.25) is 0 Å². The fourth-order valence-corrected chi connectivity index (χ4v) is 2.63. The number of aromatic nitrogens is 1. The Morgan fingerprint density at radius 2 is 1.90 bits per heavy atom. The van der Waals surface area contributed by atoms with Crippen LogP contribution in [0.3, 0.4) is 0 Å². The normalized spacial score (nSPS) is 14.3. The van der Waals surface area contributed by atoms with Crippen molar-refractivity contribution in [2.24, 2.45) is 5.73 Å². The Hall–Kier alpha value is -2.07. The highest BCUT2D eigenvalue weighted by atomic mass is 15.3. The van der Waals surface area contributed by atoms with Crippen LogP contribution in [0, 0.1) is 0 Å². The van der Waals surface area contributed by atoms with Gasteiger partial charge in [-0.2, -0.15) is 0 Å². The van der Waals surface area contributed by atoms with E-state index < -0.39 is 0 Å². The molecule has 0 aliphatic carbocycles.